The van der Waals surface area contributed by atoms with E-state index >= 15 is 0 Å². The van der Waals surface area contributed by atoms with Crippen LogP contribution in [0.2, 0.25) is 0 Å². The van der Waals surface area contributed by atoms with E-state index in [9.17, 15) is 0 Å². The van der Waals surface area contributed by atoms with Crippen LogP contribution in [0, 0.1) is 0 Å². The van der Waals surface area contributed by atoms with E-state index in [1.54, 1.807) is 20.4 Å². The van der Waals surface area contributed by atoms with Gasteiger partial charge in [0, 0.05) is 17.1 Å². The van der Waals surface area contributed by atoms with Crippen LogP contribution >= 0.6 is 0 Å². The molecule has 0 spiro atoms. The van der Waals surface area contributed by atoms with E-state index in [1.807, 2.05) is 36.4 Å². The van der Waals surface area contributed by atoms with E-state index in [0.29, 0.717) is 23.0 Å². The number of rotatable bonds is 3. The lowest BCUT2D eigenvalue weighted by Crippen LogP contribution is -1.97. The monoisotopic (exact) mass is 281 g/mol. The fourth-order valence-electron chi connectivity index (χ4n) is 2.25. The molecule has 0 radical (unpaired) electrons. The molecule has 0 unspecified atom stereocenters. The summed E-state index contributed by atoms with van der Waals surface area (Å²) in [7, 11) is 3.21. The van der Waals surface area contributed by atoms with Crippen molar-refractivity contribution in [2.24, 2.45) is 0 Å². The summed E-state index contributed by atoms with van der Waals surface area (Å²) in [6.07, 6.45) is 1.70. The average molecular weight is 281 g/mol. The lowest BCUT2D eigenvalue weighted by Gasteiger charge is -2.11. The number of nitrogens with zero attached hydrogens (tertiary/aromatic N) is 2. The Kier molecular flexibility index (Phi) is 3.31. The number of pyridine rings is 2. The van der Waals surface area contributed by atoms with Crippen molar-refractivity contribution in [3.63, 3.8) is 0 Å². The molecule has 5 heteroatoms. The third-order valence-corrected chi connectivity index (χ3v) is 3.31. The Labute approximate surface area is 122 Å². The summed E-state index contributed by atoms with van der Waals surface area (Å²) >= 11 is 0. The number of hydrogen-bond donors (Lipinski definition) is 1. The zero-order valence-electron chi connectivity index (χ0n) is 11.8. The van der Waals surface area contributed by atoms with Crippen molar-refractivity contribution in [2.75, 3.05) is 20.0 Å². The topological polar surface area (TPSA) is 70.3 Å². The van der Waals surface area contributed by atoms with E-state index in [2.05, 4.69) is 9.97 Å². The second-order valence-corrected chi connectivity index (χ2v) is 4.54. The van der Waals surface area contributed by atoms with Crippen LogP contribution in [0.25, 0.3) is 22.2 Å². The highest BCUT2D eigenvalue weighted by atomic mass is 16.5. The first kappa shape index (κ1) is 13.2. The predicted octanol–water partition coefficient (Wildman–Crippen LogP) is 2.90. The minimum Gasteiger partial charge on any atom is -0.493 e. The Balaban J connectivity index is 2.17. The largest absolute Gasteiger partial charge is 0.493 e. The number of anilines is 1. The second kappa shape index (κ2) is 5.28. The molecule has 0 fully saturated rings. The Bertz CT molecular complexity index is 803. The van der Waals surface area contributed by atoms with Gasteiger partial charge in [-0.1, -0.05) is 6.07 Å². The molecular formula is C16H15N3O2. The highest BCUT2D eigenvalue weighted by molar-refractivity contribution is 5.87. The Morgan fingerprint density at radius 3 is 2.57 bits per heavy atom. The van der Waals surface area contributed by atoms with Crippen LogP contribution in [-0.4, -0.2) is 24.2 Å². The van der Waals surface area contributed by atoms with Gasteiger partial charge in [0.15, 0.2) is 17.1 Å². The molecule has 5 nitrogen and oxygen atoms in total. The van der Waals surface area contributed by atoms with Gasteiger partial charge in [0.05, 0.1) is 14.2 Å². The lowest BCUT2D eigenvalue weighted by molar-refractivity contribution is 0.355. The molecule has 3 rings (SSSR count). The zero-order valence-corrected chi connectivity index (χ0v) is 11.8. The number of methoxy groups -OCH3 is 2. The molecule has 2 aromatic heterocycles. The van der Waals surface area contributed by atoms with E-state index in [4.69, 9.17) is 15.2 Å². The molecule has 21 heavy (non-hydrogen) atoms. The van der Waals surface area contributed by atoms with E-state index in [1.165, 1.54) is 0 Å². The summed E-state index contributed by atoms with van der Waals surface area (Å²) in [5, 5.41) is 0.941. The van der Waals surface area contributed by atoms with Gasteiger partial charge in [0.2, 0.25) is 0 Å². The number of hydrogen-bond acceptors (Lipinski definition) is 5. The molecule has 106 valence electrons. The summed E-state index contributed by atoms with van der Waals surface area (Å²) in [5.41, 5.74) is 8.46. The van der Waals surface area contributed by atoms with Crippen molar-refractivity contribution in [2.45, 2.75) is 0 Å². The summed E-state index contributed by atoms with van der Waals surface area (Å²) in [4.78, 5) is 8.55. The Morgan fingerprint density at radius 2 is 1.81 bits per heavy atom. The predicted molar refractivity (Wildman–Crippen MR) is 82.5 cm³/mol. The Hall–Kier alpha value is -2.82. The fraction of sp³-hybridized carbons (Fsp3) is 0.125. The molecule has 0 aliphatic heterocycles. The number of nitrogen functional groups attached to an aromatic ring is 1. The molecule has 0 amide bonds. The highest BCUT2D eigenvalue weighted by Gasteiger charge is 2.10. The van der Waals surface area contributed by atoms with Gasteiger partial charge < -0.3 is 15.2 Å². The van der Waals surface area contributed by atoms with Crippen LogP contribution in [0.3, 0.4) is 0 Å². The molecule has 0 bridgehead atoms. The molecule has 0 saturated heterocycles. The van der Waals surface area contributed by atoms with Gasteiger partial charge in [-0.15, -0.1) is 0 Å². The average Bonchev–Trinajstić information content (AvgIpc) is 2.53. The van der Waals surface area contributed by atoms with Crippen LogP contribution in [0.5, 0.6) is 11.5 Å². The van der Waals surface area contributed by atoms with E-state index in [-0.39, 0.29) is 0 Å². The van der Waals surface area contributed by atoms with E-state index in [0.717, 1.165) is 16.5 Å². The smallest absolute Gasteiger partial charge is 0.161 e. The molecule has 0 atom stereocenters. The van der Waals surface area contributed by atoms with Crippen LogP contribution in [0.15, 0.2) is 42.6 Å². The van der Waals surface area contributed by atoms with Crippen LogP contribution in [0.1, 0.15) is 0 Å². The van der Waals surface area contributed by atoms with Crippen LogP contribution < -0.4 is 15.2 Å². The number of fused-ring (bicyclic) bond motifs is 1. The fourth-order valence-corrected chi connectivity index (χ4v) is 2.25. The first-order chi connectivity index (χ1) is 10.2. The van der Waals surface area contributed by atoms with Crippen molar-refractivity contribution in [3.05, 3.63) is 42.6 Å². The lowest BCUT2D eigenvalue weighted by atomic mass is 10.0. The molecule has 2 N–H and O–H groups in total. The third kappa shape index (κ3) is 2.33. The zero-order chi connectivity index (χ0) is 14.8. The Morgan fingerprint density at radius 1 is 1.00 bits per heavy atom. The summed E-state index contributed by atoms with van der Waals surface area (Å²) in [6, 6.07) is 11.5. The van der Waals surface area contributed by atoms with Gasteiger partial charge in [0.1, 0.15) is 5.82 Å². The molecule has 0 saturated carbocycles. The molecule has 0 aliphatic rings. The van der Waals surface area contributed by atoms with Crippen LogP contribution in [0.4, 0.5) is 5.82 Å². The number of nitrogens with two attached hydrogens (primary N) is 1. The van der Waals surface area contributed by atoms with Gasteiger partial charge >= 0.3 is 0 Å². The first-order valence-electron chi connectivity index (χ1n) is 6.46. The first-order valence-corrected chi connectivity index (χ1v) is 6.46. The SMILES string of the molecule is COc1ccc(-c2cc3cccnc3nc2N)cc1OC. The molecule has 0 aliphatic carbocycles. The summed E-state index contributed by atoms with van der Waals surface area (Å²) in [6.45, 7) is 0. The van der Waals surface area contributed by atoms with Gasteiger partial charge in [-0.2, -0.15) is 0 Å². The maximum atomic E-state index is 6.06. The number of ether oxygens (including phenoxy) is 2. The van der Waals surface area contributed by atoms with Gasteiger partial charge in [-0.05, 0) is 35.9 Å². The molecular weight excluding hydrogens is 266 g/mol. The van der Waals surface area contributed by atoms with Gasteiger partial charge in [-0.3, -0.25) is 0 Å². The maximum Gasteiger partial charge on any atom is 0.161 e. The van der Waals surface area contributed by atoms with Crippen molar-refractivity contribution in [3.8, 4) is 22.6 Å². The highest BCUT2D eigenvalue weighted by Crippen LogP contribution is 2.34. The number of aromatic nitrogens is 2. The minimum atomic E-state index is 0.438. The maximum absolute atomic E-state index is 6.06. The molecule has 3 aromatic rings. The molecule has 1 aromatic carbocycles. The van der Waals surface area contributed by atoms with Crippen LogP contribution in [-0.2, 0) is 0 Å². The third-order valence-electron chi connectivity index (χ3n) is 3.31. The van der Waals surface area contributed by atoms with Gasteiger partial charge in [-0.25, -0.2) is 9.97 Å². The van der Waals surface area contributed by atoms with Crippen molar-refractivity contribution in [1.82, 2.24) is 9.97 Å². The normalized spacial score (nSPS) is 10.6. The minimum absolute atomic E-state index is 0.438. The number of benzene rings is 1. The standard InChI is InChI=1S/C16H15N3O2/c1-20-13-6-5-10(9-14(13)21-2)12-8-11-4-3-7-18-16(11)19-15(12)17/h3-9H,1-2H3,(H2,17,18,19). The van der Waals surface area contributed by atoms with Crippen molar-refractivity contribution < 1.29 is 9.47 Å². The summed E-state index contributed by atoms with van der Waals surface area (Å²) in [5.74, 6) is 1.77. The van der Waals surface area contributed by atoms with E-state index < -0.39 is 0 Å². The quantitative estimate of drug-likeness (QED) is 0.799. The van der Waals surface area contributed by atoms with Gasteiger partial charge in [0.25, 0.3) is 0 Å². The summed E-state index contributed by atoms with van der Waals surface area (Å²) < 4.78 is 10.6. The molecule has 2 heterocycles. The second-order valence-electron chi connectivity index (χ2n) is 4.54. The van der Waals surface area contributed by atoms with Crippen molar-refractivity contribution >= 4 is 16.9 Å². The van der Waals surface area contributed by atoms with Crippen molar-refractivity contribution in [1.29, 1.82) is 0 Å².